The molecule has 2 rings (SSSR count). The lowest BCUT2D eigenvalue weighted by Crippen LogP contribution is -2.47. The van der Waals surface area contributed by atoms with Gasteiger partial charge in [0.05, 0.1) is 12.9 Å². The molecule has 0 bridgehead atoms. The normalized spacial score (nSPS) is 17.2. The Morgan fingerprint density at radius 1 is 1.25 bits per heavy atom. The molecule has 0 radical (unpaired) electrons. The summed E-state index contributed by atoms with van der Waals surface area (Å²) < 4.78 is 30.1. The zero-order chi connectivity index (χ0) is 17.6. The number of benzene rings is 1. The average molecular weight is 355 g/mol. The Kier molecular flexibility index (Phi) is 6.20. The van der Waals surface area contributed by atoms with E-state index in [2.05, 4.69) is 15.4 Å². The predicted molar refractivity (Wildman–Crippen MR) is 93.7 cm³/mol. The number of ether oxygens (including phenoxy) is 1. The number of amides is 1. The molecule has 24 heavy (non-hydrogen) atoms. The third-order valence-electron chi connectivity index (χ3n) is 4.19. The molecule has 0 aromatic heterocycles. The number of carbonyl (C=O) groups is 1. The third kappa shape index (κ3) is 5.47. The lowest BCUT2D eigenvalue weighted by atomic mass is 9.79. The van der Waals surface area contributed by atoms with Crippen LogP contribution in [0.15, 0.2) is 24.3 Å². The topological polar surface area (TPSA) is 96.5 Å². The molecule has 0 unspecified atom stereocenters. The summed E-state index contributed by atoms with van der Waals surface area (Å²) in [6.45, 7) is 3.02. The van der Waals surface area contributed by atoms with E-state index in [1.807, 2.05) is 0 Å². The zero-order valence-corrected chi connectivity index (χ0v) is 14.9. The van der Waals surface area contributed by atoms with Crippen LogP contribution < -0.4 is 15.4 Å². The molecule has 134 valence electrons. The molecule has 8 heteroatoms. The van der Waals surface area contributed by atoms with E-state index in [0.717, 1.165) is 32.2 Å². The number of methoxy groups -OCH3 is 1. The summed E-state index contributed by atoms with van der Waals surface area (Å²) >= 11 is 0. The first kappa shape index (κ1) is 18.7. The number of hydrogen-bond donors (Lipinski definition) is 3. The SMILES string of the molecule is COCC1(CNC(=O)c2ccc(NS(C)(=O)=O)cc2)CCNCC1. The van der Waals surface area contributed by atoms with Crippen molar-refractivity contribution >= 4 is 21.6 Å². The van der Waals surface area contributed by atoms with Crippen molar-refractivity contribution in [2.24, 2.45) is 5.41 Å². The van der Waals surface area contributed by atoms with Crippen LogP contribution in [-0.4, -0.2) is 53.9 Å². The fourth-order valence-corrected chi connectivity index (χ4v) is 3.47. The molecule has 3 N–H and O–H groups in total. The van der Waals surface area contributed by atoms with Gasteiger partial charge in [-0.2, -0.15) is 0 Å². The van der Waals surface area contributed by atoms with Gasteiger partial charge in [-0.1, -0.05) is 0 Å². The highest BCUT2D eigenvalue weighted by Gasteiger charge is 2.32. The fourth-order valence-electron chi connectivity index (χ4n) is 2.91. The van der Waals surface area contributed by atoms with Crippen molar-refractivity contribution in [3.05, 3.63) is 29.8 Å². The first-order valence-electron chi connectivity index (χ1n) is 7.89. The fraction of sp³-hybridized carbons (Fsp3) is 0.562. The molecule has 7 nitrogen and oxygen atoms in total. The summed E-state index contributed by atoms with van der Waals surface area (Å²) in [5.41, 5.74) is 0.895. The van der Waals surface area contributed by atoms with Gasteiger partial charge >= 0.3 is 0 Å². The van der Waals surface area contributed by atoms with Crippen LogP contribution in [0.4, 0.5) is 5.69 Å². The largest absolute Gasteiger partial charge is 0.384 e. The summed E-state index contributed by atoms with van der Waals surface area (Å²) in [7, 11) is -1.64. The van der Waals surface area contributed by atoms with Crippen molar-refractivity contribution in [1.82, 2.24) is 10.6 Å². The second kappa shape index (κ2) is 7.96. The van der Waals surface area contributed by atoms with E-state index in [1.54, 1.807) is 31.4 Å². The van der Waals surface area contributed by atoms with Gasteiger partial charge in [-0.25, -0.2) is 8.42 Å². The van der Waals surface area contributed by atoms with Crippen LogP contribution in [0.2, 0.25) is 0 Å². The first-order chi connectivity index (χ1) is 11.3. The van der Waals surface area contributed by atoms with Crippen LogP contribution in [0, 0.1) is 5.41 Å². The van der Waals surface area contributed by atoms with Crippen molar-refractivity contribution < 1.29 is 17.9 Å². The molecular weight excluding hydrogens is 330 g/mol. The number of sulfonamides is 1. The Labute approximate surface area is 143 Å². The highest BCUT2D eigenvalue weighted by Crippen LogP contribution is 2.28. The van der Waals surface area contributed by atoms with Gasteiger partial charge in [-0.15, -0.1) is 0 Å². The van der Waals surface area contributed by atoms with Crippen molar-refractivity contribution in [2.75, 3.05) is 44.3 Å². The molecule has 1 heterocycles. The van der Waals surface area contributed by atoms with Crippen LogP contribution in [-0.2, 0) is 14.8 Å². The van der Waals surface area contributed by atoms with Gasteiger partial charge in [0.15, 0.2) is 0 Å². The molecule has 0 aliphatic carbocycles. The highest BCUT2D eigenvalue weighted by molar-refractivity contribution is 7.92. The predicted octanol–water partition coefficient (Wildman–Crippen LogP) is 0.804. The Morgan fingerprint density at radius 2 is 1.88 bits per heavy atom. The van der Waals surface area contributed by atoms with Gasteiger partial charge in [-0.05, 0) is 50.2 Å². The summed E-state index contributed by atoms with van der Waals surface area (Å²) in [5.74, 6) is -0.171. The Hall–Kier alpha value is -1.64. The number of hydrogen-bond acceptors (Lipinski definition) is 5. The smallest absolute Gasteiger partial charge is 0.251 e. The number of nitrogens with one attached hydrogen (secondary N) is 3. The van der Waals surface area contributed by atoms with Gasteiger partial charge in [0.1, 0.15) is 0 Å². The first-order valence-corrected chi connectivity index (χ1v) is 9.78. The summed E-state index contributed by atoms with van der Waals surface area (Å²) in [5, 5.41) is 6.29. The zero-order valence-electron chi connectivity index (χ0n) is 14.1. The van der Waals surface area contributed by atoms with Gasteiger partial charge < -0.3 is 15.4 Å². The van der Waals surface area contributed by atoms with Gasteiger partial charge in [0.25, 0.3) is 5.91 Å². The minimum absolute atomic E-state index is 0.0343. The van der Waals surface area contributed by atoms with Crippen molar-refractivity contribution in [2.45, 2.75) is 12.8 Å². The lowest BCUT2D eigenvalue weighted by Gasteiger charge is -2.37. The van der Waals surface area contributed by atoms with E-state index in [-0.39, 0.29) is 11.3 Å². The minimum atomic E-state index is -3.32. The van der Waals surface area contributed by atoms with Crippen LogP contribution >= 0.6 is 0 Å². The maximum atomic E-state index is 12.3. The van der Waals surface area contributed by atoms with Gasteiger partial charge in [-0.3, -0.25) is 9.52 Å². The van der Waals surface area contributed by atoms with Crippen molar-refractivity contribution in [1.29, 1.82) is 0 Å². The van der Waals surface area contributed by atoms with Gasteiger partial charge in [0, 0.05) is 30.3 Å². The van der Waals surface area contributed by atoms with E-state index >= 15 is 0 Å². The van der Waals surface area contributed by atoms with Crippen LogP contribution in [0.1, 0.15) is 23.2 Å². The van der Waals surface area contributed by atoms with E-state index in [1.165, 1.54) is 0 Å². The second-order valence-electron chi connectivity index (χ2n) is 6.32. The third-order valence-corrected chi connectivity index (χ3v) is 4.80. The molecule has 1 saturated heterocycles. The molecule has 0 spiro atoms. The van der Waals surface area contributed by atoms with Crippen LogP contribution in [0.25, 0.3) is 0 Å². The molecule has 1 aliphatic heterocycles. The molecule has 0 saturated carbocycles. The second-order valence-corrected chi connectivity index (χ2v) is 8.07. The summed E-state index contributed by atoms with van der Waals surface area (Å²) in [6, 6.07) is 6.36. The monoisotopic (exact) mass is 355 g/mol. The van der Waals surface area contributed by atoms with Crippen LogP contribution in [0.5, 0.6) is 0 Å². The minimum Gasteiger partial charge on any atom is -0.384 e. The highest BCUT2D eigenvalue weighted by atomic mass is 32.2. The molecule has 1 aromatic rings. The Balaban J connectivity index is 1.96. The van der Waals surface area contributed by atoms with Crippen LogP contribution in [0.3, 0.4) is 0 Å². The average Bonchev–Trinajstić information content (AvgIpc) is 2.53. The Bertz CT molecular complexity index is 647. The standard InChI is InChI=1S/C16H25N3O4S/c1-23-12-16(7-9-17-10-8-16)11-18-15(20)13-3-5-14(6-4-13)19-24(2,21)22/h3-6,17,19H,7-12H2,1-2H3,(H,18,20). The number of piperidine rings is 1. The maximum Gasteiger partial charge on any atom is 0.251 e. The molecule has 1 aliphatic rings. The molecule has 0 atom stereocenters. The number of anilines is 1. The summed E-state index contributed by atoms with van der Waals surface area (Å²) in [4.78, 5) is 12.3. The maximum absolute atomic E-state index is 12.3. The van der Waals surface area contributed by atoms with E-state index in [4.69, 9.17) is 4.74 Å². The van der Waals surface area contributed by atoms with Crippen molar-refractivity contribution in [3.8, 4) is 0 Å². The van der Waals surface area contributed by atoms with Gasteiger partial charge in [0.2, 0.25) is 10.0 Å². The molecule has 1 fully saturated rings. The number of rotatable bonds is 7. The van der Waals surface area contributed by atoms with E-state index in [9.17, 15) is 13.2 Å². The molecule has 1 aromatic carbocycles. The quantitative estimate of drug-likeness (QED) is 0.672. The number of carbonyl (C=O) groups excluding carboxylic acids is 1. The van der Waals surface area contributed by atoms with Crippen molar-refractivity contribution in [3.63, 3.8) is 0 Å². The molecule has 1 amide bonds. The Morgan fingerprint density at radius 3 is 2.42 bits per heavy atom. The molecular formula is C16H25N3O4S. The van der Waals surface area contributed by atoms with E-state index in [0.29, 0.717) is 24.4 Å². The lowest BCUT2D eigenvalue weighted by molar-refractivity contribution is 0.0512. The summed E-state index contributed by atoms with van der Waals surface area (Å²) in [6.07, 6.45) is 3.00. The van der Waals surface area contributed by atoms with E-state index < -0.39 is 10.0 Å².